The first kappa shape index (κ1) is 45.4. The van der Waals surface area contributed by atoms with Crippen molar-refractivity contribution in [2.24, 2.45) is 5.92 Å². The summed E-state index contributed by atoms with van der Waals surface area (Å²) in [5.41, 5.74) is 1.86. The van der Waals surface area contributed by atoms with Crippen molar-refractivity contribution in [1.29, 1.82) is 0 Å². The number of amides is 5. The molecular formula is C47H53N9O6S2. The first-order valence-corrected chi connectivity index (χ1v) is 22.9. The van der Waals surface area contributed by atoms with Crippen molar-refractivity contribution in [3.8, 4) is 11.1 Å². The van der Waals surface area contributed by atoms with Crippen LogP contribution in [0.2, 0.25) is 0 Å². The molecule has 3 heterocycles. The molecule has 6 N–H and O–H groups in total. The highest BCUT2D eigenvalue weighted by Crippen LogP contribution is 2.30. The molecule has 4 aromatic carbocycles. The lowest BCUT2D eigenvalue weighted by atomic mass is 9.94. The molecule has 17 heteroatoms. The highest BCUT2D eigenvalue weighted by molar-refractivity contribution is 7.14. The number of hydrogen-bond donors (Lipinski definition) is 6. The molecule has 1 fully saturated rings. The van der Waals surface area contributed by atoms with Crippen molar-refractivity contribution in [2.45, 2.75) is 58.2 Å². The van der Waals surface area contributed by atoms with E-state index in [9.17, 15) is 24.0 Å². The van der Waals surface area contributed by atoms with Crippen LogP contribution in [0.15, 0.2) is 97.1 Å². The summed E-state index contributed by atoms with van der Waals surface area (Å²) >= 11 is 2.82. The Labute approximate surface area is 380 Å². The third-order valence-electron chi connectivity index (χ3n) is 10.6. The standard InChI is InChI=1S/C47H53N9O6S2/c1-29(57)52-39(44(59)51-25-23-49-42-36-15-6-8-17-38(36)64-55-42)33-12-9-11-32(27-33)30-18-20-31(21-19-30)40(53-46(61)62-47(2,3)4)45(60)56-26-10-13-34(28-56)43(58)50-24-22-48-41-35-14-5-7-16-37(35)63-54-41/h5-9,11-12,14-21,27,34,39-40H,10,13,22-26,28H2,1-4H3,(H,48,54)(H,49,55)(H,50,58)(H,51,59)(H,52,57)(H,53,61)/t34?,39-,40?/m1/s1. The van der Waals surface area contributed by atoms with Crippen LogP contribution in [-0.4, -0.2) is 88.2 Å². The molecule has 2 unspecified atom stereocenters. The molecule has 64 heavy (non-hydrogen) atoms. The van der Waals surface area contributed by atoms with Gasteiger partial charge >= 0.3 is 6.09 Å². The number of nitrogens with one attached hydrogen (secondary N) is 6. The quantitative estimate of drug-likeness (QED) is 0.0550. The average Bonchev–Trinajstić information content (AvgIpc) is 3.91. The zero-order valence-corrected chi connectivity index (χ0v) is 37.9. The third-order valence-corrected chi connectivity index (χ3v) is 12.3. The number of likely N-dealkylation sites (tertiary alicyclic amines) is 1. The fourth-order valence-electron chi connectivity index (χ4n) is 7.56. The van der Waals surface area contributed by atoms with Gasteiger partial charge in [0.25, 0.3) is 0 Å². The van der Waals surface area contributed by atoms with Gasteiger partial charge < -0.3 is 41.5 Å². The van der Waals surface area contributed by atoms with Gasteiger partial charge in [-0.05, 0) is 109 Å². The van der Waals surface area contributed by atoms with Crippen LogP contribution >= 0.6 is 23.1 Å². The minimum Gasteiger partial charge on any atom is -0.444 e. The topological polar surface area (TPSA) is 196 Å². The van der Waals surface area contributed by atoms with E-state index in [4.69, 9.17) is 4.74 Å². The van der Waals surface area contributed by atoms with Crippen molar-refractivity contribution < 1.29 is 28.7 Å². The van der Waals surface area contributed by atoms with Crippen LogP contribution in [-0.2, 0) is 23.9 Å². The number of alkyl carbamates (subject to hydrolysis) is 1. The van der Waals surface area contributed by atoms with Gasteiger partial charge in [-0.3, -0.25) is 19.2 Å². The molecule has 0 aliphatic carbocycles. The molecule has 2 aromatic heterocycles. The molecule has 0 saturated carbocycles. The summed E-state index contributed by atoms with van der Waals surface area (Å²) in [6.45, 7) is 8.86. The van der Waals surface area contributed by atoms with Crippen molar-refractivity contribution >= 4 is 84.6 Å². The van der Waals surface area contributed by atoms with Gasteiger partial charge in [0.1, 0.15) is 29.3 Å². The van der Waals surface area contributed by atoms with Gasteiger partial charge in [0, 0.05) is 57.0 Å². The first-order valence-electron chi connectivity index (χ1n) is 21.3. The van der Waals surface area contributed by atoms with Gasteiger partial charge in [-0.2, -0.15) is 8.75 Å². The van der Waals surface area contributed by atoms with Crippen molar-refractivity contribution in [3.63, 3.8) is 0 Å². The molecule has 3 atom stereocenters. The third kappa shape index (κ3) is 11.7. The number of carbonyl (C=O) groups is 5. The predicted octanol–water partition coefficient (Wildman–Crippen LogP) is 7.01. The Bertz CT molecular complexity index is 2610. The van der Waals surface area contributed by atoms with Gasteiger partial charge in [0.15, 0.2) is 0 Å². The van der Waals surface area contributed by atoms with Gasteiger partial charge in [0.05, 0.1) is 15.3 Å². The summed E-state index contributed by atoms with van der Waals surface area (Å²) in [7, 11) is 0. The molecule has 0 spiro atoms. The van der Waals surface area contributed by atoms with Crippen molar-refractivity contribution in [2.75, 3.05) is 49.9 Å². The number of carbonyl (C=O) groups excluding carboxylic acids is 5. The summed E-state index contributed by atoms with van der Waals surface area (Å²) in [5.74, 6) is -0.0895. The van der Waals surface area contributed by atoms with Crippen LogP contribution in [0.1, 0.15) is 63.7 Å². The Morgan fingerprint density at radius 2 is 1.34 bits per heavy atom. The Balaban J connectivity index is 0.996. The first-order chi connectivity index (χ1) is 30.8. The minimum absolute atomic E-state index is 0.138. The van der Waals surface area contributed by atoms with Gasteiger partial charge in [-0.1, -0.05) is 66.7 Å². The van der Waals surface area contributed by atoms with Gasteiger partial charge in [-0.25, -0.2) is 4.79 Å². The fraction of sp³-hybridized carbons (Fsp3) is 0.340. The van der Waals surface area contributed by atoms with Crippen LogP contribution < -0.4 is 31.9 Å². The zero-order valence-electron chi connectivity index (χ0n) is 36.2. The molecule has 1 aliphatic rings. The Kier molecular flexibility index (Phi) is 14.7. The van der Waals surface area contributed by atoms with Crippen LogP contribution in [0.4, 0.5) is 16.4 Å². The maximum atomic E-state index is 14.3. The normalized spacial score (nSPS) is 14.9. The molecule has 7 rings (SSSR count). The number of rotatable bonds is 16. The highest BCUT2D eigenvalue weighted by atomic mass is 32.1. The molecule has 5 amide bonds. The minimum atomic E-state index is -1.09. The zero-order chi connectivity index (χ0) is 45.2. The van der Waals surface area contributed by atoms with Gasteiger partial charge in [-0.15, -0.1) is 0 Å². The van der Waals surface area contributed by atoms with E-state index in [-0.39, 0.29) is 30.2 Å². The summed E-state index contributed by atoms with van der Waals surface area (Å²) in [6.07, 6.45) is 0.508. The Morgan fingerprint density at radius 3 is 1.97 bits per heavy atom. The lowest BCUT2D eigenvalue weighted by Gasteiger charge is -2.35. The number of benzene rings is 4. The fourth-order valence-corrected chi connectivity index (χ4v) is 9.07. The molecule has 334 valence electrons. The molecular weight excluding hydrogens is 851 g/mol. The number of aromatic nitrogens is 2. The summed E-state index contributed by atoms with van der Waals surface area (Å²) in [4.78, 5) is 68.3. The van der Waals surface area contributed by atoms with E-state index in [1.807, 2.05) is 78.9 Å². The maximum absolute atomic E-state index is 14.3. The maximum Gasteiger partial charge on any atom is 0.408 e. The van der Waals surface area contributed by atoms with E-state index in [1.54, 1.807) is 43.9 Å². The number of anilines is 2. The second kappa shape index (κ2) is 20.7. The molecule has 1 aliphatic heterocycles. The lowest BCUT2D eigenvalue weighted by Crippen LogP contribution is -2.50. The average molecular weight is 904 g/mol. The van der Waals surface area contributed by atoms with Crippen LogP contribution in [0.5, 0.6) is 0 Å². The SMILES string of the molecule is CC(=O)N[C@@H](C(=O)NCCNc1nsc2ccccc12)c1cccc(-c2ccc(C(NC(=O)OC(C)(C)C)C(=O)N3CCCC(C(=O)NCCNc4nsc5ccccc45)C3)cc2)c1. The van der Waals surface area contributed by atoms with Crippen LogP contribution in [0.25, 0.3) is 31.3 Å². The van der Waals surface area contributed by atoms with E-state index in [2.05, 4.69) is 40.6 Å². The van der Waals surface area contributed by atoms with E-state index >= 15 is 0 Å². The number of hydrogen-bond acceptors (Lipinski definition) is 12. The number of fused-ring (bicyclic) bond motifs is 2. The second-order valence-electron chi connectivity index (χ2n) is 16.6. The largest absolute Gasteiger partial charge is 0.444 e. The summed E-state index contributed by atoms with van der Waals surface area (Å²) in [5, 5.41) is 20.1. The van der Waals surface area contributed by atoms with E-state index in [1.165, 1.54) is 30.0 Å². The monoisotopic (exact) mass is 903 g/mol. The van der Waals surface area contributed by atoms with E-state index in [0.29, 0.717) is 56.7 Å². The van der Waals surface area contributed by atoms with Gasteiger partial charge in [0.2, 0.25) is 23.6 Å². The van der Waals surface area contributed by atoms with E-state index < -0.39 is 29.7 Å². The Hall–Kier alpha value is -6.59. The molecule has 6 aromatic rings. The molecule has 0 radical (unpaired) electrons. The number of nitrogens with zero attached hydrogens (tertiary/aromatic N) is 3. The summed E-state index contributed by atoms with van der Waals surface area (Å²) in [6, 6.07) is 28.4. The van der Waals surface area contributed by atoms with E-state index in [0.717, 1.165) is 42.9 Å². The molecule has 15 nitrogen and oxygen atoms in total. The Morgan fingerprint density at radius 1 is 0.719 bits per heavy atom. The predicted molar refractivity (Wildman–Crippen MR) is 252 cm³/mol. The molecule has 1 saturated heterocycles. The van der Waals surface area contributed by atoms with Crippen molar-refractivity contribution in [3.05, 3.63) is 108 Å². The summed E-state index contributed by atoms with van der Waals surface area (Å²) < 4.78 is 16.7. The second-order valence-corrected chi connectivity index (χ2v) is 18.2. The number of ether oxygens (including phenoxy) is 1. The lowest BCUT2D eigenvalue weighted by molar-refractivity contribution is -0.137. The smallest absolute Gasteiger partial charge is 0.408 e. The van der Waals surface area contributed by atoms with Crippen LogP contribution in [0, 0.1) is 5.92 Å². The number of piperidine rings is 1. The highest BCUT2D eigenvalue weighted by Gasteiger charge is 2.34. The molecule has 0 bridgehead atoms. The van der Waals surface area contributed by atoms with Crippen molar-refractivity contribution in [1.82, 2.24) is 34.9 Å². The van der Waals surface area contributed by atoms with Crippen LogP contribution in [0.3, 0.4) is 0 Å².